The van der Waals surface area contributed by atoms with Crippen LogP contribution in [0.25, 0.3) is 0 Å². The smallest absolute Gasteiger partial charge is 0.216 e. The molecule has 0 aliphatic rings. The van der Waals surface area contributed by atoms with Gasteiger partial charge >= 0.3 is 0 Å². The molecule has 5 nitrogen and oxygen atoms in total. The number of rotatable bonds is 7. The number of sulfonamides is 1. The van der Waals surface area contributed by atoms with Crippen molar-refractivity contribution in [2.45, 2.75) is 18.7 Å². The third-order valence-electron chi connectivity index (χ3n) is 3.46. The molecule has 0 radical (unpaired) electrons. The molecule has 0 heterocycles. The lowest BCUT2D eigenvalue weighted by Crippen LogP contribution is -2.28. The van der Waals surface area contributed by atoms with E-state index < -0.39 is 10.0 Å². The first-order chi connectivity index (χ1) is 10.9. The summed E-state index contributed by atoms with van der Waals surface area (Å²) in [5.74, 6) is 1.13. The third-order valence-corrected chi connectivity index (χ3v) is 4.89. The quantitative estimate of drug-likeness (QED) is 0.845. The molecule has 0 fully saturated rings. The molecule has 0 saturated carbocycles. The van der Waals surface area contributed by atoms with Gasteiger partial charge in [0.1, 0.15) is 0 Å². The van der Waals surface area contributed by atoms with Crippen LogP contribution in [0.3, 0.4) is 0 Å². The highest BCUT2D eigenvalue weighted by atomic mass is 32.2. The third kappa shape index (κ3) is 4.71. The number of benzene rings is 2. The zero-order valence-corrected chi connectivity index (χ0v) is 14.3. The zero-order valence-electron chi connectivity index (χ0n) is 13.4. The topological polar surface area (TPSA) is 64.6 Å². The van der Waals surface area contributed by atoms with Crippen LogP contribution in [-0.2, 0) is 15.8 Å². The van der Waals surface area contributed by atoms with Gasteiger partial charge in [-0.2, -0.15) is 0 Å². The van der Waals surface area contributed by atoms with Crippen LogP contribution in [0.1, 0.15) is 24.1 Å². The van der Waals surface area contributed by atoms with E-state index in [0.29, 0.717) is 11.5 Å². The van der Waals surface area contributed by atoms with Crippen LogP contribution in [0.2, 0.25) is 0 Å². The number of ether oxygens (including phenoxy) is 2. The predicted octanol–water partition coefficient (Wildman–Crippen LogP) is 2.88. The molecule has 0 spiro atoms. The summed E-state index contributed by atoms with van der Waals surface area (Å²) in [5, 5.41) is 0. The number of nitrogens with one attached hydrogen (secondary N) is 1. The minimum Gasteiger partial charge on any atom is -0.493 e. The van der Waals surface area contributed by atoms with Crippen LogP contribution in [0.4, 0.5) is 0 Å². The van der Waals surface area contributed by atoms with E-state index >= 15 is 0 Å². The van der Waals surface area contributed by atoms with Gasteiger partial charge in [0.25, 0.3) is 0 Å². The second-order valence-corrected chi connectivity index (χ2v) is 6.95. The van der Waals surface area contributed by atoms with E-state index in [2.05, 4.69) is 4.72 Å². The van der Waals surface area contributed by atoms with Gasteiger partial charge in [0.05, 0.1) is 20.0 Å². The Labute approximate surface area is 137 Å². The van der Waals surface area contributed by atoms with Gasteiger partial charge in [-0.25, -0.2) is 13.1 Å². The molecule has 0 aromatic heterocycles. The molecule has 0 amide bonds. The molecule has 0 saturated heterocycles. The molecule has 23 heavy (non-hydrogen) atoms. The van der Waals surface area contributed by atoms with Crippen molar-refractivity contribution in [3.8, 4) is 11.5 Å². The fourth-order valence-electron chi connectivity index (χ4n) is 2.29. The van der Waals surface area contributed by atoms with Gasteiger partial charge in [0.2, 0.25) is 10.0 Å². The summed E-state index contributed by atoms with van der Waals surface area (Å²) >= 11 is 0. The summed E-state index contributed by atoms with van der Waals surface area (Å²) in [6, 6.07) is 14.1. The molecule has 0 aliphatic heterocycles. The van der Waals surface area contributed by atoms with E-state index in [9.17, 15) is 8.42 Å². The second kappa shape index (κ2) is 7.48. The highest BCUT2D eigenvalue weighted by Crippen LogP contribution is 2.30. The van der Waals surface area contributed by atoms with Gasteiger partial charge in [0.15, 0.2) is 11.5 Å². The summed E-state index contributed by atoms with van der Waals surface area (Å²) in [5.41, 5.74) is 1.55. The number of methoxy groups -OCH3 is 2. The molecule has 2 aromatic carbocycles. The van der Waals surface area contributed by atoms with Gasteiger partial charge in [-0.05, 0) is 30.2 Å². The maximum Gasteiger partial charge on any atom is 0.216 e. The number of hydrogen-bond donors (Lipinski definition) is 1. The maximum atomic E-state index is 12.3. The van der Waals surface area contributed by atoms with Crippen molar-refractivity contribution in [1.29, 1.82) is 0 Å². The molecule has 2 rings (SSSR count). The standard InChI is InChI=1S/C17H21NO4S/c1-13(15-9-10-16(21-2)17(11-15)22-3)18-23(19,20)12-14-7-5-4-6-8-14/h4-11,13,18H,12H2,1-3H3. The Bertz CT molecular complexity index is 744. The van der Waals surface area contributed by atoms with E-state index in [1.165, 1.54) is 0 Å². The summed E-state index contributed by atoms with van der Waals surface area (Å²) in [4.78, 5) is 0. The second-order valence-electron chi connectivity index (χ2n) is 5.20. The molecule has 1 N–H and O–H groups in total. The fourth-order valence-corrected chi connectivity index (χ4v) is 3.68. The highest BCUT2D eigenvalue weighted by molar-refractivity contribution is 7.88. The lowest BCUT2D eigenvalue weighted by molar-refractivity contribution is 0.354. The highest BCUT2D eigenvalue weighted by Gasteiger charge is 2.17. The molecule has 1 atom stereocenters. The first-order valence-corrected chi connectivity index (χ1v) is 8.86. The predicted molar refractivity (Wildman–Crippen MR) is 90.2 cm³/mol. The van der Waals surface area contributed by atoms with Crippen molar-refractivity contribution in [2.75, 3.05) is 14.2 Å². The minimum absolute atomic E-state index is 0.0501. The van der Waals surface area contributed by atoms with Crippen molar-refractivity contribution < 1.29 is 17.9 Å². The Morgan fingerprint density at radius 3 is 2.26 bits per heavy atom. The van der Waals surface area contributed by atoms with E-state index in [1.807, 2.05) is 24.3 Å². The Morgan fingerprint density at radius 2 is 1.65 bits per heavy atom. The van der Waals surface area contributed by atoms with E-state index in [-0.39, 0.29) is 11.8 Å². The van der Waals surface area contributed by atoms with Crippen molar-refractivity contribution >= 4 is 10.0 Å². The van der Waals surface area contributed by atoms with Gasteiger partial charge < -0.3 is 9.47 Å². The molecule has 2 aromatic rings. The Morgan fingerprint density at radius 1 is 1.00 bits per heavy atom. The van der Waals surface area contributed by atoms with Crippen molar-refractivity contribution in [2.24, 2.45) is 0 Å². The van der Waals surface area contributed by atoms with Crippen molar-refractivity contribution in [1.82, 2.24) is 4.72 Å². The summed E-state index contributed by atoms with van der Waals surface area (Å²) in [6.07, 6.45) is 0. The molecule has 6 heteroatoms. The summed E-state index contributed by atoms with van der Waals surface area (Å²) < 4.78 is 37.7. The van der Waals surface area contributed by atoms with Crippen LogP contribution < -0.4 is 14.2 Å². The van der Waals surface area contributed by atoms with E-state index in [4.69, 9.17) is 9.47 Å². The van der Waals surface area contributed by atoms with Crippen LogP contribution >= 0.6 is 0 Å². The Kier molecular flexibility index (Phi) is 5.63. The van der Waals surface area contributed by atoms with Crippen LogP contribution in [0.15, 0.2) is 48.5 Å². The molecular formula is C17H21NO4S. The van der Waals surface area contributed by atoms with Crippen molar-refractivity contribution in [3.05, 3.63) is 59.7 Å². The average molecular weight is 335 g/mol. The zero-order chi connectivity index (χ0) is 16.9. The van der Waals surface area contributed by atoms with Gasteiger partial charge in [-0.3, -0.25) is 0 Å². The minimum atomic E-state index is -3.44. The van der Waals surface area contributed by atoms with E-state index in [1.54, 1.807) is 45.4 Å². The normalized spacial score (nSPS) is 12.7. The largest absolute Gasteiger partial charge is 0.493 e. The molecule has 0 bridgehead atoms. The maximum absolute atomic E-state index is 12.3. The molecule has 1 unspecified atom stereocenters. The Hall–Kier alpha value is -2.05. The lowest BCUT2D eigenvalue weighted by atomic mass is 10.1. The van der Waals surface area contributed by atoms with Gasteiger partial charge in [-0.1, -0.05) is 36.4 Å². The SMILES string of the molecule is COc1ccc(C(C)NS(=O)(=O)Cc2ccccc2)cc1OC. The first kappa shape index (κ1) is 17.3. The Balaban J connectivity index is 2.13. The van der Waals surface area contributed by atoms with E-state index in [0.717, 1.165) is 11.1 Å². The average Bonchev–Trinajstić information content (AvgIpc) is 2.54. The summed E-state index contributed by atoms with van der Waals surface area (Å²) in [6.45, 7) is 1.80. The van der Waals surface area contributed by atoms with Gasteiger partial charge in [-0.15, -0.1) is 0 Å². The van der Waals surface area contributed by atoms with Crippen LogP contribution in [0.5, 0.6) is 11.5 Å². The fraction of sp³-hybridized carbons (Fsp3) is 0.294. The molecular weight excluding hydrogens is 314 g/mol. The van der Waals surface area contributed by atoms with Gasteiger partial charge in [0, 0.05) is 6.04 Å². The molecule has 0 aliphatic carbocycles. The lowest BCUT2D eigenvalue weighted by Gasteiger charge is -2.16. The van der Waals surface area contributed by atoms with Crippen molar-refractivity contribution in [3.63, 3.8) is 0 Å². The monoisotopic (exact) mass is 335 g/mol. The van der Waals surface area contributed by atoms with Crippen LogP contribution in [-0.4, -0.2) is 22.6 Å². The molecule has 124 valence electrons. The summed E-state index contributed by atoms with van der Waals surface area (Å²) in [7, 11) is -0.333. The van der Waals surface area contributed by atoms with Crippen LogP contribution in [0, 0.1) is 0 Å². The first-order valence-electron chi connectivity index (χ1n) is 7.21. The number of hydrogen-bond acceptors (Lipinski definition) is 4.